The molecule has 0 aliphatic carbocycles. The molecule has 7 heteroatoms. The van der Waals surface area contributed by atoms with Crippen molar-refractivity contribution >= 4 is 17.5 Å². The molecule has 0 spiro atoms. The van der Waals surface area contributed by atoms with E-state index in [-0.39, 0.29) is 17.5 Å². The van der Waals surface area contributed by atoms with Crippen LogP contribution in [0.2, 0.25) is 0 Å². The summed E-state index contributed by atoms with van der Waals surface area (Å²) < 4.78 is 25.2. The maximum absolute atomic E-state index is 14.5. The number of hydrogen-bond donors (Lipinski definition) is 1. The Morgan fingerprint density at radius 2 is 2.00 bits per heavy atom. The van der Waals surface area contributed by atoms with E-state index in [1.165, 1.54) is 11.0 Å². The number of anilines is 2. The van der Waals surface area contributed by atoms with Gasteiger partial charge in [0.15, 0.2) is 0 Å². The van der Waals surface area contributed by atoms with Crippen molar-refractivity contribution in [2.45, 2.75) is 32.4 Å². The summed E-state index contributed by atoms with van der Waals surface area (Å²) in [5.41, 5.74) is 1.02. The first-order valence-corrected chi connectivity index (χ1v) is 8.69. The van der Waals surface area contributed by atoms with E-state index >= 15 is 0 Å². The zero-order valence-corrected chi connectivity index (χ0v) is 15.0. The molecule has 0 bridgehead atoms. The SMILES string of the molecule is CC(C)(C)NC[C@H]1CN(c2ccc(N3CCOCC3)c(F)c2)C(=O)O1. The Morgan fingerprint density at radius 3 is 2.64 bits per heavy atom. The molecule has 138 valence electrons. The average Bonchev–Trinajstić information content (AvgIpc) is 2.94. The van der Waals surface area contributed by atoms with Crippen molar-refractivity contribution in [3.05, 3.63) is 24.0 Å². The number of carbonyl (C=O) groups is 1. The maximum atomic E-state index is 14.5. The van der Waals surface area contributed by atoms with Crippen LogP contribution in [0.3, 0.4) is 0 Å². The van der Waals surface area contributed by atoms with Gasteiger partial charge in [-0.05, 0) is 39.0 Å². The minimum Gasteiger partial charge on any atom is -0.443 e. The van der Waals surface area contributed by atoms with E-state index in [1.54, 1.807) is 12.1 Å². The van der Waals surface area contributed by atoms with Gasteiger partial charge in [0.1, 0.15) is 11.9 Å². The van der Waals surface area contributed by atoms with Crippen LogP contribution in [0.25, 0.3) is 0 Å². The molecule has 1 aromatic rings. The van der Waals surface area contributed by atoms with Crippen LogP contribution in [0, 0.1) is 5.82 Å². The second kappa shape index (κ2) is 7.17. The second-order valence-electron chi connectivity index (χ2n) is 7.48. The van der Waals surface area contributed by atoms with Crippen LogP contribution >= 0.6 is 0 Å². The Morgan fingerprint density at radius 1 is 1.28 bits per heavy atom. The molecule has 1 N–H and O–H groups in total. The number of ether oxygens (including phenoxy) is 2. The summed E-state index contributed by atoms with van der Waals surface area (Å²) in [5.74, 6) is -0.330. The van der Waals surface area contributed by atoms with Crippen molar-refractivity contribution in [2.24, 2.45) is 0 Å². The Kier molecular flexibility index (Phi) is 5.15. The van der Waals surface area contributed by atoms with E-state index in [9.17, 15) is 9.18 Å². The largest absolute Gasteiger partial charge is 0.443 e. The van der Waals surface area contributed by atoms with Crippen LogP contribution in [0.4, 0.5) is 20.6 Å². The molecule has 2 saturated heterocycles. The molecular formula is C18H26FN3O3. The van der Waals surface area contributed by atoms with Gasteiger partial charge in [-0.1, -0.05) is 0 Å². The zero-order chi connectivity index (χ0) is 18.0. The first-order valence-electron chi connectivity index (χ1n) is 8.69. The van der Waals surface area contributed by atoms with Crippen molar-refractivity contribution in [3.8, 4) is 0 Å². The molecule has 2 fully saturated rings. The number of morpholine rings is 1. The number of hydrogen-bond acceptors (Lipinski definition) is 5. The van der Waals surface area contributed by atoms with E-state index in [2.05, 4.69) is 26.1 Å². The molecule has 3 rings (SSSR count). The van der Waals surface area contributed by atoms with Gasteiger partial charge in [0.05, 0.1) is 31.1 Å². The Bertz CT molecular complexity index is 626. The fraction of sp³-hybridized carbons (Fsp3) is 0.611. The molecule has 1 atom stereocenters. The molecule has 6 nitrogen and oxygen atoms in total. The maximum Gasteiger partial charge on any atom is 0.414 e. The first kappa shape index (κ1) is 17.9. The van der Waals surface area contributed by atoms with Gasteiger partial charge in [-0.2, -0.15) is 0 Å². The van der Waals surface area contributed by atoms with E-state index < -0.39 is 6.09 Å². The number of rotatable bonds is 4. The third kappa shape index (κ3) is 4.41. The summed E-state index contributed by atoms with van der Waals surface area (Å²) in [7, 11) is 0. The highest BCUT2D eigenvalue weighted by Crippen LogP contribution is 2.28. The molecule has 0 saturated carbocycles. The van der Waals surface area contributed by atoms with Crippen LogP contribution in [-0.4, -0.2) is 57.1 Å². The van der Waals surface area contributed by atoms with Crippen molar-refractivity contribution in [2.75, 3.05) is 49.2 Å². The van der Waals surface area contributed by atoms with Crippen molar-refractivity contribution < 1.29 is 18.7 Å². The summed E-state index contributed by atoms with van der Waals surface area (Å²) in [5, 5.41) is 3.32. The van der Waals surface area contributed by atoms with Crippen molar-refractivity contribution in [3.63, 3.8) is 0 Å². The molecule has 0 radical (unpaired) electrons. The topological polar surface area (TPSA) is 54.0 Å². The first-order chi connectivity index (χ1) is 11.8. The fourth-order valence-electron chi connectivity index (χ4n) is 2.98. The highest BCUT2D eigenvalue weighted by Gasteiger charge is 2.33. The Labute approximate surface area is 147 Å². The predicted molar refractivity (Wildman–Crippen MR) is 94.8 cm³/mol. The Balaban J connectivity index is 1.67. The lowest BCUT2D eigenvalue weighted by Gasteiger charge is -2.29. The smallest absolute Gasteiger partial charge is 0.414 e. The summed E-state index contributed by atoms with van der Waals surface area (Å²) in [6.07, 6.45) is -0.673. The van der Waals surface area contributed by atoms with E-state index in [0.717, 1.165) is 0 Å². The Hall–Kier alpha value is -1.86. The number of cyclic esters (lactones) is 1. The average molecular weight is 351 g/mol. The van der Waals surface area contributed by atoms with Crippen LogP contribution < -0.4 is 15.1 Å². The molecule has 2 aliphatic heterocycles. The number of nitrogens with one attached hydrogen (secondary N) is 1. The van der Waals surface area contributed by atoms with Gasteiger partial charge < -0.3 is 19.7 Å². The fourth-order valence-corrected chi connectivity index (χ4v) is 2.98. The lowest BCUT2D eigenvalue weighted by atomic mass is 10.1. The van der Waals surface area contributed by atoms with Gasteiger partial charge in [-0.25, -0.2) is 9.18 Å². The third-order valence-corrected chi connectivity index (χ3v) is 4.33. The molecular weight excluding hydrogens is 325 g/mol. The third-order valence-electron chi connectivity index (χ3n) is 4.33. The van der Waals surface area contributed by atoms with E-state index in [0.29, 0.717) is 50.8 Å². The zero-order valence-electron chi connectivity index (χ0n) is 15.0. The molecule has 0 unspecified atom stereocenters. The highest BCUT2D eigenvalue weighted by molar-refractivity contribution is 5.90. The van der Waals surface area contributed by atoms with Gasteiger partial charge in [0.2, 0.25) is 0 Å². The number of nitrogens with zero attached hydrogens (tertiary/aromatic N) is 2. The minimum absolute atomic E-state index is 0.0499. The molecule has 2 heterocycles. The lowest BCUT2D eigenvalue weighted by Crippen LogP contribution is -2.42. The van der Waals surface area contributed by atoms with Gasteiger partial charge in [-0.3, -0.25) is 4.90 Å². The van der Waals surface area contributed by atoms with E-state index in [1.807, 2.05) is 4.90 Å². The van der Waals surface area contributed by atoms with Crippen LogP contribution in [-0.2, 0) is 9.47 Å². The normalized spacial score (nSPS) is 21.6. The van der Waals surface area contributed by atoms with Gasteiger partial charge in [0, 0.05) is 25.2 Å². The lowest BCUT2D eigenvalue weighted by molar-refractivity contribution is 0.122. The van der Waals surface area contributed by atoms with Crippen LogP contribution in [0.1, 0.15) is 20.8 Å². The second-order valence-corrected chi connectivity index (χ2v) is 7.48. The monoisotopic (exact) mass is 351 g/mol. The predicted octanol–water partition coefficient (Wildman–Crippen LogP) is 2.38. The molecule has 1 aromatic carbocycles. The molecule has 25 heavy (non-hydrogen) atoms. The van der Waals surface area contributed by atoms with Crippen LogP contribution in [0.5, 0.6) is 0 Å². The van der Waals surface area contributed by atoms with Gasteiger partial charge in [0.25, 0.3) is 0 Å². The summed E-state index contributed by atoms with van der Waals surface area (Å²) in [6, 6.07) is 4.91. The number of carbonyl (C=O) groups excluding carboxylic acids is 1. The number of benzene rings is 1. The summed E-state index contributed by atoms with van der Waals surface area (Å²) in [4.78, 5) is 15.6. The molecule has 2 aliphatic rings. The summed E-state index contributed by atoms with van der Waals surface area (Å²) in [6.45, 7) is 9.69. The number of amides is 1. The minimum atomic E-state index is -0.431. The van der Waals surface area contributed by atoms with Gasteiger partial charge in [-0.15, -0.1) is 0 Å². The standard InChI is InChI=1S/C18H26FN3O3/c1-18(2,3)20-11-14-12-22(17(23)25-14)13-4-5-16(15(19)10-13)21-6-8-24-9-7-21/h4-5,10,14,20H,6-9,11-12H2,1-3H3/t14-/m0/s1. The van der Waals surface area contributed by atoms with Crippen molar-refractivity contribution in [1.29, 1.82) is 0 Å². The van der Waals surface area contributed by atoms with Crippen LogP contribution in [0.15, 0.2) is 18.2 Å². The van der Waals surface area contributed by atoms with Gasteiger partial charge >= 0.3 is 6.09 Å². The van der Waals surface area contributed by atoms with Crippen molar-refractivity contribution in [1.82, 2.24) is 5.32 Å². The molecule has 1 amide bonds. The highest BCUT2D eigenvalue weighted by atomic mass is 19.1. The quantitative estimate of drug-likeness (QED) is 0.903. The molecule has 0 aromatic heterocycles. The summed E-state index contributed by atoms with van der Waals surface area (Å²) >= 11 is 0. The number of halogens is 1. The van der Waals surface area contributed by atoms with E-state index in [4.69, 9.17) is 9.47 Å².